The molecule has 4 aromatic heterocycles. The minimum atomic E-state index is -0.426. The SMILES string of the molecule is COc1cc(C2=C(c3c[nH]c4ccc(Br)cc34)C(=O)CC2=O)cc(OC)c1OC.COc1cc(C2=C(c3c[nH]c4ccc(F)cc34)C(=O)CC2=O)cc(OC)c1OC.COc1cc(C2=C(c3c[nH]c4cccnc34)C(=O)CC2=O)cc(OC)c1OC. The highest BCUT2D eigenvalue weighted by molar-refractivity contribution is 9.10. The van der Waals surface area contributed by atoms with Crippen LogP contribution in [0.5, 0.6) is 51.7 Å². The lowest BCUT2D eigenvalue weighted by molar-refractivity contribution is -0.121. The smallest absolute Gasteiger partial charge is 0.203 e. The Bertz CT molecular complexity index is 4150. The van der Waals surface area contributed by atoms with Gasteiger partial charge in [0.15, 0.2) is 69.2 Å². The first-order valence-electron chi connectivity index (χ1n) is 26.3. The van der Waals surface area contributed by atoms with Gasteiger partial charge in [0.05, 0.1) is 94.3 Å². The molecule has 12 rings (SSSR count). The standard InChI is InChI=1S/C22H18BrNO5.C22H18FNO5.C21H18N2O5/c2*1-27-18-6-11(7-19(28-2)22(18)29-3)20-16(25)9-17(26)21(20)14-10-24-15-5-4-12(23)8-13(14)15;1-26-16-7-11(8-17(27-2)21(16)28-3)18-14(24)9-15(25)19(18)12-10-23-13-5-4-6-22-20(12)13/h2*4-8,10,24H,9H2,1-3H3;4-8,10,23H,9H2,1-3H3. The number of allylic oxidation sites excluding steroid dienone is 6. The van der Waals surface area contributed by atoms with E-state index in [1.54, 1.807) is 73.3 Å². The third-order valence-corrected chi connectivity index (χ3v) is 15.3. The third kappa shape index (κ3) is 10.6. The molecule has 0 spiro atoms. The van der Waals surface area contributed by atoms with Gasteiger partial charge in [0.2, 0.25) is 17.2 Å². The van der Waals surface area contributed by atoms with Gasteiger partial charge in [0.1, 0.15) is 5.82 Å². The molecule has 3 aliphatic rings. The van der Waals surface area contributed by atoms with Crippen LogP contribution in [0.3, 0.4) is 0 Å². The number of rotatable bonds is 15. The highest BCUT2D eigenvalue weighted by Crippen LogP contribution is 2.48. The number of hydrogen-bond donors (Lipinski definition) is 3. The molecule has 0 amide bonds. The average Bonchev–Trinajstić information content (AvgIpc) is 1.75. The van der Waals surface area contributed by atoms with Crippen molar-refractivity contribution in [1.29, 1.82) is 0 Å². The van der Waals surface area contributed by atoms with Crippen LogP contribution >= 0.6 is 15.9 Å². The summed E-state index contributed by atoms with van der Waals surface area (Å²) in [6.45, 7) is 0. The molecule has 86 heavy (non-hydrogen) atoms. The maximum atomic E-state index is 13.8. The lowest BCUT2D eigenvalue weighted by atomic mass is 9.95. The summed E-state index contributed by atoms with van der Waals surface area (Å²) in [5.74, 6) is 1.63. The highest BCUT2D eigenvalue weighted by Gasteiger charge is 2.38. The van der Waals surface area contributed by atoms with E-state index in [0.717, 1.165) is 20.9 Å². The van der Waals surface area contributed by atoms with Gasteiger partial charge in [-0.2, -0.15) is 0 Å². The van der Waals surface area contributed by atoms with Crippen LogP contribution in [0.2, 0.25) is 0 Å². The number of pyridine rings is 1. The summed E-state index contributed by atoms with van der Waals surface area (Å²) in [7, 11) is 13.5. The van der Waals surface area contributed by atoms with E-state index in [-0.39, 0.29) is 65.1 Å². The van der Waals surface area contributed by atoms with Crippen molar-refractivity contribution in [3.63, 3.8) is 0 Å². The van der Waals surface area contributed by atoms with Crippen LogP contribution in [-0.2, 0) is 28.8 Å². The van der Waals surface area contributed by atoms with Crippen molar-refractivity contribution in [2.75, 3.05) is 64.0 Å². The van der Waals surface area contributed by atoms with Crippen molar-refractivity contribution >= 4 is 117 Å². The summed E-state index contributed by atoms with van der Waals surface area (Å²) in [6.07, 6.45) is 6.16. The summed E-state index contributed by atoms with van der Waals surface area (Å²) < 4.78 is 63.1. The fraction of sp³-hybridized carbons (Fsp3) is 0.185. The van der Waals surface area contributed by atoms with Crippen LogP contribution in [0.15, 0.2) is 114 Å². The van der Waals surface area contributed by atoms with Crippen LogP contribution < -0.4 is 42.6 Å². The van der Waals surface area contributed by atoms with E-state index in [4.69, 9.17) is 42.6 Å². The quantitative estimate of drug-likeness (QED) is 0.0808. The van der Waals surface area contributed by atoms with Gasteiger partial charge >= 0.3 is 0 Å². The zero-order valence-corrected chi connectivity index (χ0v) is 49.4. The first kappa shape index (κ1) is 58.9. The van der Waals surface area contributed by atoms with E-state index in [1.165, 1.54) is 76.1 Å². The summed E-state index contributed by atoms with van der Waals surface area (Å²) in [5, 5.41) is 1.40. The number of carbonyl (C=O) groups is 6. The summed E-state index contributed by atoms with van der Waals surface area (Å²) >= 11 is 3.47. The fourth-order valence-electron chi connectivity index (χ4n) is 11.0. The van der Waals surface area contributed by atoms with Gasteiger partial charge in [0.25, 0.3) is 0 Å². The van der Waals surface area contributed by atoms with Crippen LogP contribution in [0.1, 0.15) is 52.6 Å². The molecular formula is C65H54BrFN4O15. The minimum absolute atomic E-state index is 0.165. The first-order chi connectivity index (χ1) is 41.5. The number of benzene rings is 5. The van der Waals surface area contributed by atoms with Crippen molar-refractivity contribution < 1.29 is 75.8 Å². The largest absolute Gasteiger partial charge is 0.493 e. The molecule has 0 saturated carbocycles. The molecule has 19 nitrogen and oxygen atoms in total. The van der Waals surface area contributed by atoms with E-state index < -0.39 is 5.82 Å². The molecule has 9 aromatic rings. The number of hydrogen-bond acceptors (Lipinski definition) is 16. The Labute approximate surface area is 498 Å². The third-order valence-electron chi connectivity index (χ3n) is 14.8. The Morgan fingerprint density at radius 3 is 1.12 bits per heavy atom. The number of ketones is 6. The van der Waals surface area contributed by atoms with Crippen LogP contribution in [0.25, 0.3) is 66.3 Å². The number of fused-ring (bicyclic) bond motifs is 3. The molecule has 0 bridgehead atoms. The number of nitrogens with zero attached hydrogens (tertiary/aromatic N) is 1. The van der Waals surface area contributed by atoms with Crippen molar-refractivity contribution in [3.8, 4) is 51.7 Å². The molecular weight excluding hydrogens is 1180 g/mol. The number of halogens is 2. The summed E-state index contributed by atoms with van der Waals surface area (Å²) in [6, 6.07) is 23.7. The fourth-order valence-corrected chi connectivity index (χ4v) is 11.4. The lowest BCUT2D eigenvalue weighted by Gasteiger charge is -2.15. The molecule has 0 atom stereocenters. The Morgan fingerprint density at radius 2 is 0.733 bits per heavy atom. The van der Waals surface area contributed by atoms with Crippen LogP contribution in [0, 0.1) is 5.82 Å². The molecule has 0 radical (unpaired) electrons. The molecule has 3 aliphatic carbocycles. The Kier molecular flexibility index (Phi) is 16.8. The number of Topliss-reactive ketones (excluding diaryl/α,β-unsaturated/α-hetero) is 6. The molecule has 21 heteroatoms. The van der Waals surface area contributed by atoms with Gasteiger partial charge in [0, 0.05) is 101 Å². The number of ether oxygens (including phenoxy) is 9. The lowest BCUT2D eigenvalue weighted by Crippen LogP contribution is -2.00. The zero-order valence-electron chi connectivity index (χ0n) is 47.8. The predicted octanol–water partition coefficient (Wildman–Crippen LogP) is 11.2. The van der Waals surface area contributed by atoms with Crippen molar-refractivity contribution in [3.05, 3.63) is 153 Å². The zero-order chi connectivity index (χ0) is 61.2. The maximum absolute atomic E-state index is 13.8. The van der Waals surface area contributed by atoms with Crippen molar-refractivity contribution in [1.82, 2.24) is 19.9 Å². The number of carbonyl (C=O) groups excluding carboxylic acids is 6. The van der Waals surface area contributed by atoms with Crippen LogP contribution in [-0.4, -0.2) is 119 Å². The second-order valence-corrected chi connectivity index (χ2v) is 20.4. The summed E-state index contributed by atoms with van der Waals surface area (Å²) in [5.41, 5.74) is 8.26. The monoisotopic (exact) mass is 1230 g/mol. The Morgan fingerprint density at radius 1 is 0.395 bits per heavy atom. The summed E-state index contributed by atoms with van der Waals surface area (Å²) in [4.78, 5) is 90.4. The number of nitrogens with one attached hydrogen (secondary N) is 3. The molecule has 3 N–H and O–H groups in total. The molecule has 4 heterocycles. The van der Waals surface area contributed by atoms with E-state index in [0.29, 0.717) is 124 Å². The molecule has 5 aromatic carbocycles. The first-order valence-corrected chi connectivity index (χ1v) is 27.1. The van der Waals surface area contributed by atoms with E-state index in [2.05, 4.69) is 35.9 Å². The van der Waals surface area contributed by atoms with Gasteiger partial charge in [-0.05, 0) is 102 Å². The van der Waals surface area contributed by atoms with Crippen molar-refractivity contribution in [2.45, 2.75) is 19.3 Å². The number of aromatic amines is 3. The average molecular weight is 1230 g/mol. The van der Waals surface area contributed by atoms with Gasteiger partial charge < -0.3 is 57.6 Å². The topological polar surface area (TPSA) is 246 Å². The molecule has 0 saturated heterocycles. The highest BCUT2D eigenvalue weighted by atomic mass is 79.9. The minimum Gasteiger partial charge on any atom is -0.493 e. The van der Waals surface area contributed by atoms with E-state index in [9.17, 15) is 33.2 Å². The maximum Gasteiger partial charge on any atom is 0.203 e. The number of H-pyrrole nitrogens is 3. The van der Waals surface area contributed by atoms with Gasteiger partial charge in [-0.1, -0.05) is 15.9 Å². The second-order valence-electron chi connectivity index (χ2n) is 19.4. The van der Waals surface area contributed by atoms with E-state index in [1.807, 2.05) is 24.3 Å². The van der Waals surface area contributed by atoms with E-state index >= 15 is 0 Å². The van der Waals surface area contributed by atoms with Crippen molar-refractivity contribution in [2.24, 2.45) is 0 Å². The molecule has 438 valence electrons. The molecule has 0 aliphatic heterocycles. The Balaban J connectivity index is 0.000000143. The molecule has 0 unspecified atom stereocenters. The van der Waals surface area contributed by atoms with Gasteiger partial charge in [-0.3, -0.25) is 33.8 Å². The number of aromatic nitrogens is 4. The normalized spacial score (nSPS) is 14.1. The van der Waals surface area contributed by atoms with Gasteiger partial charge in [-0.25, -0.2) is 4.39 Å². The molecule has 0 fully saturated rings. The second kappa shape index (κ2) is 24.5. The Hall–Kier alpha value is -10.3. The number of methoxy groups -OCH3 is 9. The predicted molar refractivity (Wildman–Crippen MR) is 323 cm³/mol. The van der Waals surface area contributed by atoms with Gasteiger partial charge in [-0.15, -0.1) is 0 Å². The van der Waals surface area contributed by atoms with Crippen LogP contribution in [0.4, 0.5) is 4.39 Å².